The number of nitrogens with one attached hydrogen (secondary N) is 1. The second-order valence-corrected chi connectivity index (χ2v) is 6.93. The van der Waals surface area contributed by atoms with Crippen LogP contribution in [0, 0.1) is 19.8 Å². The van der Waals surface area contributed by atoms with E-state index in [4.69, 9.17) is 11.6 Å². The fourth-order valence-electron chi connectivity index (χ4n) is 3.98. The molecule has 0 radical (unpaired) electrons. The predicted octanol–water partition coefficient (Wildman–Crippen LogP) is 5.78. The molecular formula is C20H20ClN. The Hall–Kier alpha value is -1.73. The number of benzene rings is 2. The van der Waals surface area contributed by atoms with Gasteiger partial charge >= 0.3 is 0 Å². The van der Waals surface area contributed by atoms with Gasteiger partial charge in [-0.2, -0.15) is 0 Å². The topological polar surface area (TPSA) is 12.0 Å². The third-order valence-electron chi connectivity index (χ3n) is 5.13. The summed E-state index contributed by atoms with van der Waals surface area (Å²) in [6.07, 6.45) is 5.84. The number of rotatable bonds is 1. The number of anilines is 1. The molecule has 1 aliphatic heterocycles. The van der Waals surface area contributed by atoms with E-state index < -0.39 is 0 Å². The normalized spacial score (nSPS) is 25.5. The lowest BCUT2D eigenvalue weighted by atomic mass is 9.76. The molecule has 2 aliphatic rings. The van der Waals surface area contributed by atoms with Crippen LogP contribution in [0.3, 0.4) is 0 Å². The highest BCUT2D eigenvalue weighted by molar-refractivity contribution is 6.31. The van der Waals surface area contributed by atoms with Gasteiger partial charge in [-0.3, -0.25) is 0 Å². The van der Waals surface area contributed by atoms with Gasteiger partial charge in [-0.05, 0) is 48.9 Å². The molecule has 0 amide bonds. The summed E-state index contributed by atoms with van der Waals surface area (Å²) >= 11 is 6.35. The Bertz CT molecular complexity index is 762. The van der Waals surface area contributed by atoms with Crippen molar-refractivity contribution in [1.82, 2.24) is 0 Å². The van der Waals surface area contributed by atoms with E-state index in [0.717, 1.165) is 17.0 Å². The van der Waals surface area contributed by atoms with Crippen molar-refractivity contribution in [2.75, 3.05) is 5.32 Å². The summed E-state index contributed by atoms with van der Waals surface area (Å²) in [6.45, 7) is 4.27. The lowest BCUT2D eigenvalue weighted by Gasteiger charge is -2.38. The molecule has 0 aromatic heterocycles. The summed E-state index contributed by atoms with van der Waals surface area (Å²) in [4.78, 5) is 0. The van der Waals surface area contributed by atoms with Crippen LogP contribution in [0.1, 0.15) is 40.6 Å². The van der Waals surface area contributed by atoms with Crippen LogP contribution in [-0.2, 0) is 0 Å². The first-order valence-corrected chi connectivity index (χ1v) is 8.31. The summed E-state index contributed by atoms with van der Waals surface area (Å²) < 4.78 is 0. The number of fused-ring (bicyclic) bond motifs is 3. The fraction of sp³-hybridized carbons (Fsp3) is 0.300. The molecule has 3 atom stereocenters. The zero-order valence-electron chi connectivity index (χ0n) is 12.9. The van der Waals surface area contributed by atoms with Crippen molar-refractivity contribution in [1.29, 1.82) is 0 Å². The van der Waals surface area contributed by atoms with Crippen LogP contribution in [0.25, 0.3) is 0 Å². The number of hydrogen-bond donors (Lipinski definition) is 1. The molecule has 2 aromatic rings. The summed E-state index contributed by atoms with van der Waals surface area (Å²) in [7, 11) is 0. The van der Waals surface area contributed by atoms with E-state index in [1.165, 1.54) is 22.4 Å². The first-order chi connectivity index (χ1) is 10.6. The second-order valence-electron chi connectivity index (χ2n) is 6.53. The molecule has 4 rings (SSSR count). The van der Waals surface area contributed by atoms with Crippen LogP contribution in [0.5, 0.6) is 0 Å². The van der Waals surface area contributed by atoms with Crippen molar-refractivity contribution in [2.24, 2.45) is 5.92 Å². The molecule has 1 heterocycles. The van der Waals surface area contributed by atoms with Crippen LogP contribution < -0.4 is 5.32 Å². The van der Waals surface area contributed by atoms with Crippen molar-refractivity contribution >= 4 is 17.3 Å². The maximum Gasteiger partial charge on any atom is 0.0554 e. The molecular weight excluding hydrogens is 290 g/mol. The zero-order chi connectivity index (χ0) is 15.3. The van der Waals surface area contributed by atoms with Crippen molar-refractivity contribution in [3.63, 3.8) is 0 Å². The van der Waals surface area contributed by atoms with Gasteiger partial charge < -0.3 is 5.32 Å². The van der Waals surface area contributed by atoms with Gasteiger partial charge in [0.05, 0.1) is 6.04 Å². The van der Waals surface area contributed by atoms with E-state index >= 15 is 0 Å². The van der Waals surface area contributed by atoms with Gasteiger partial charge in [-0.1, -0.05) is 59.6 Å². The lowest BCUT2D eigenvalue weighted by molar-refractivity contribution is 0.425. The van der Waals surface area contributed by atoms with Gasteiger partial charge in [0, 0.05) is 16.6 Å². The smallest absolute Gasteiger partial charge is 0.0554 e. The Morgan fingerprint density at radius 2 is 2.00 bits per heavy atom. The molecule has 1 aliphatic carbocycles. The minimum absolute atomic E-state index is 0.351. The number of hydrogen-bond acceptors (Lipinski definition) is 1. The van der Waals surface area contributed by atoms with Crippen LogP contribution in [0.4, 0.5) is 5.69 Å². The molecule has 2 aromatic carbocycles. The van der Waals surface area contributed by atoms with Gasteiger partial charge in [-0.15, -0.1) is 0 Å². The van der Waals surface area contributed by atoms with E-state index in [2.05, 4.69) is 61.6 Å². The highest BCUT2D eigenvalue weighted by Crippen LogP contribution is 2.51. The molecule has 0 fully saturated rings. The van der Waals surface area contributed by atoms with E-state index in [-0.39, 0.29) is 0 Å². The van der Waals surface area contributed by atoms with Crippen molar-refractivity contribution in [3.05, 3.63) is 75.8 Å². The van der Waals surface area contributed by atoms with Crippen LogP contribution in [-0.4, -0.2) is 0 Å². The average Bonchev–Trinajstić information content (AvgIpc) is 3.00. The van der Waals surface area contributed by atoms with Crippen molar-refractivity contribution in [2.45, 2.75) is 32.2 Å². The summed E-state index contributed by atoms with van der Waals surface area (Å²) in [6, 6.07) is 13.4. The maximum absolute atomic E-state index is 6.35. The summed E-state index contributed by atoms with van der Waals surface area (Å²) in [5.41, 5.74) is 6.48. The molecule has 0 bridgehead atoms. The number of aryl methyl sites for hydroxylation is 1. The van der Waals surface area contributed by atoms with Gasteiger partial charge in [0.15, 0.2) is 0 Å². The fourth-order valence-corrected chi connectivity index (χ4v) is 4.14. The number of allylic oxidation sites excluding steroid dienone is 2. The Labute approximate surface area is 137 Å². The van der Waals surface area contributed by atoms with E-state index in [0.29, 0.717) is 17.9 Å². The molecule has 0 saturated heterocycles. The Kier molecular flexibility index (Phi) is 3.27. The standard InChI is InChI=1S/C20H20ClN/c1-12-5-3-6-14(11-12)20-16-8-4-7-15(16)17-9-10-18(21)13(2)19(17)22-20/h3-7,9-11,15-16,20,22H,8H2,1-2H3. The first kappa shape index (κ1) is 13.9. The molecule has 22 heavy (non-hydrogen) atoms. The molecule has 0 saturated carbocycles. The predicted molar refractivity (Wildman–Crippen MR) is 93.7 cm³/mol. The maximum atomic E-state index is 6.35. The molecule has 2 heteroatoms. The average molecular weight is 310 g/mol. The highest BCUT2D eigenvalue weighted by Gasteiger charge is 2.38. The van der Waals surface area contributed by atoms with E-state index in [1.54, 1.807) is 0 Å². The van der Waals surface area contributed by atoms with E-state index in [9.17, 15) is 0 Å². The molecule has 1 nitrogen and oxygen atoms in total. The summed E-state index contributed by atoms with van der Waals surface area (Å²) in [5, 5.41) is 4.64. The largest absolute Gasteiger partial charge is 0.377 e. The minimum atomic E-state index is 0.351. The van der Waals surface area contributed by atoms with Crippen LogP contribution in [0.2, 0.25) is 5.02 Å². The monoisotopic (exact) mass is 309 g/mol. The van der Waals surface area contributed by atoms with Crippen LogP contribution in [0.15, 0.2) is 48.6 Å². The van der Waals surface area contributed by atoms with Gasteiger partial charge in [0.1, 0.15) is 0 Å². The van der Waals surface area contributed by atoms with Gasteiger partial charge in [0.2, 0.25) is 0 Å². The SMILES string of the molecule is Cc1cccc(C2Nc3c(ccc(Cl)c3C)C3C=CCC32)c1. The third kappa shape index (κ3) is 2.07. The third-order valence-corrected chi connectivity index (χ3v) is 5.54. The van der Waals surface area contributed by atoms with Crippen molar-refractivity contribution < 1.29 is 0 Å². The second kappa shape index (κ2) is 5.17. The van der Waals surface area contributed by atoms with Gasteiger partial charge in [0.25, 0.3) is 0 Å². The first-order valence-electron chi connectivity index (χ1n) is 7.94. The van der Waals surface area contributed by atoms with E-state index in [1.807, 2.05) is 6.07 Å². The number of halogens is 1. The Morgan fingerprint density at radius 3 is 2.82 bits per heavy atom. The zero-order valence-corrected chi connectivity index (χ0v) is 13.7. The molecule has 3 unspecified atom stereocenters. The minimum Gasteiger partial charge on any atom is -0.377 e. The highest BCUT2D eigenvalue weighted by atomic mass is 35.5. The van der Waals surface area contributed by atoms with Crippen molar-refractivity contribution in [3.8, 4) is 0 Å². The Morgan fingerprint density at radius 1 is 1.14 bits per heavy atom. The molecule has 0 spiro atoms. The van der Waals surface area contributed by atoms with Gasteiger partial charge in [-0.25, -0.2) is 0 Å². The quantitative estimate of drug-likeness (QED) is 0.658. The summed E-state index contributed by atoms with van der Waals surface area (Å²) in [5.74, 6) is 1.09. The molecule has 112 valence electrons. The molecule has 1 N–H and O–H groups in total. The lowest BCUT2D eigenvalue weighted by Crippen LogP contribution is -2.29. The van der Waals surface area contributed by atoms with Crippen LogP contribution >= 0.6 is 11.6 Å². The Balaban J connectivity index is 1.84.